The zero-order valence-corrected chi connectivity index (χ0v) is 14.0. The van der Waals surface area contributed by atoms with Crippen LogP contribution in [0.15, 0.2) is 16.6 Å². The molecule has 0 radical (unpaired) electrons. The van der Waals surface area contributed by atoms with Gasteiger partial charge >= 0.3 is 0 Å². The van der Waals surface area contributed by atoms with E-state index in [1.165, 1.54) is 11.3 Å². The van der Waals surface area contributed by atoms with Crippen LogP contribution in [0.2, 0.25) is 0 Å². The average Bonchev–Trinajstić information content (AvgIpc) is 2.99. The lowest BCUT2D eigenvalue weighted by Crippen LogP contribution is -2.32. The molecule has 0 aromatic carbocycles. The lowest BCUT2D eigenvalue weighted by molar-refractivity contribution is 0.252. The molecule has 6 nitrogen and oxygen atoms in total. The Kier molecular flexibility index (Phi) is 3.30. The summed E-state index contributed by atoms with van der Waals surface area (Å²) >= 11 is 1.37. The number of imidazole rings is 1. The van der Waals surface area contributed by atoms with Gasteiger partial charge in [0.2, 0.25) is 0 Å². The number of hydrogen-bond acceptors (Lipinski definition) is 5. The van der Waals surface area contributed by atoms with Crippen molar-refractivity contribution in [2.45, 2.75) is 32.2 Å². The number of thiazole rings is 1. The smallest absolute Gasteiger partial charge is 0.262 e. The zero-order chi connectivity index (χ0) is 15.4. The van der Waals surface area contributed by atoms with E-state index in [0.29, 0.717) is 24.0 Å². The number of fused-ring (bicyclic) bond motifs is 1. The highest BCUT2D eigenvalue weighted by atomic mass is 32.2. The summed E-state index contributed by atoms with van der Waals surface area (Å²) < 4.78 is 28.9. The van der Waals surface area contributed by atoms with Crippen LogP contribution >= 0.6 is 11.3 Å². The van der Waals surface area contributed by atoms with Crippen LogP contribution in [0, 0.1) is 11.3 Å². The number of nitrogens with two attached hydrogens (primary N) is 1. The molecule has 0 aliphatic carbocycles. The first-order valence-corrected chi connectivity index (χ1v) is 9.24. The van der Waals surface area contributed by atoms with Crippen molar-refractivity contribution >= 4 is 32.1 Å². The van der Waals surface area contributed by atoms with Gasteiger partial charge in [-0.25, -0.2) is 13.4 Å². The van der Waals surface area contributed by atoms with Crippen molar-refractivity contribution in [1.82, 2.24) is 13.7 Å². The zero-order valence-electron chi connectivity index (χ0n) is 12.4. The fraction of sp³-hybridized carbons (Fsp3) is 0.615. The number of hydrogen-bond donors (Lipinski definition) is 1. The van der Waals surface area contributed by atoms with Gasteiger partial charge in [-0.1, -0.05) is 20.8 Å². The Bertz CT molecular complexity index is 770. The van der Waals surface area contributed by atoms with Crippen molar-refractivity contribution in [2.24, 2.45) is 11.3 Å². The number of nitrogens with zero attached hydrogens (tertiary/aromatic N) is 3. The van der Waals surface area contributed by atoms with Crippen LogP contribution in [-0.2, 0) is 10.0 Å². The fourth-order valence-corrected chi connectivity index (χ4v) is 5.27. The quantitative estimate of drug-likeness (QED) is 0.914. The summed E-state index contributed by atoms with van der Waals surface area (Å²) in [7, 11) is -3.60. The van der Waals surface area contributed by atoms with Crippen LogP contribution < -0.4 is 5.73 Å². The van der Waals surface area contributed by atoms with Gasteiger partial charge in [-0.2, -0.15) is 4.31 Å². The number of aromatic nitrogens is 2. The van der Waals surface area contributed by atoms with Crippen LogP contribution in [-0.4, -0.2) is 35.2 Å². The van der Waals surface area contributed by atoms with Crippen molar-refractivity contribution in [2.75, 3.05) is 18.8 Å². The molecule has 116 valence electrons. The Morgan fingerprint density at radius 3 is 2.76 bits per heavy atom. The van der Waals surface area contributed by atoms with E-state index in [2.05, 4.69) is 25.8 Å². The molecule has 8 heteroatoms. The van der Waals surface area contributed by atoms with E-state index in [-0.39, 0.29) is 16.3 Å². The van der Waals surface area contributed by atoms with Crippen LogP contribution in [0.3, 0.4) is 0 Å². The second-order valence-electron chi connectivity index (χ2n) is 6.57. The molecule has 0 amide bonds. The molecule has 1 atom stereocenters. The molecule has 1 fully saturated rings. The predicted molar refractivity (Wildman–Crippen MR) is 83.8 cm³/mol. The summed E-state index contributed by atoms with van der Waals surface area (Å²) in [5.41, 5.74) is 5.94. The monoisotopic (exact) mass is 328 g/mol. The number of anilines is 1. The molecule has 0 saturated carbocycles. The lowest BCUT2D eigenvalue weighted by Gasteiger charge is -2.26. The van der Waals surface area contributed by atoms with Crippen molar-refractivity contribution in [3.05, 3.63) is 11.6 Å². The highest BCUT2D eigenvalue weighted by Crippen LogP contribution is 2.37. The molecule has 2 aromatic rings. The highest BCUT2D eigenvalue weighted by molar-refractivity contribution is 7.89. The topological polar surface area (TPSA) is 80.7 Å². The third-order valence-corrected chi connectivity index (χ3v) is 6.87. The van der Waals surface area contributed by atoms with Gasteiger partial charge in [0.05, 0.1) is 0 Å². The molecule has 2 aromatic heterocycles. The van der Waals surface area contributed by atoms with Gasteiger partial charge in [0.1, 0.15) is 0 Å². The molecule has 0 spiro atoms. The summed E-state index contributed by atoms with van der Waals surface area (Å²) in [6.45, 7) is 7.54. The minimum atomic E-state index is -3.60. The molecule has 1 saturated heterocycles. The normalized spacial score (nSPS) is 21.4. The first-order chi connectivity index (χ1) is 9.71. The van der Waals surface area contributed by atoms with Crippen molar-refractivity contribution in [3.8, 4) is 0 Å². The van der Waals surface area contributed by atoms with E-state index in [1.54, 1.807) is 14.9 Å². The number of rotatable bonds is 2. The molecule has 3 rings (SSSR count). The van der Waals surface area contributed by atoms with E-state index in [1.807, 2.05) is 5.38 Å². The maximum absolute atomic E-state index is 12.9. The van der Waals surface area contributed by atoms with Crippen molar-refractivity contribution in [1.29, 1.82) is 0 Å². The van der Waals surface area contributed by atoms with Crippen molar-refractivity contribution < 1.29 is 8.42 Å². The van der Waals surface area contributed by atoms with Crippen LogP contribution in [0.4, 0.5) is 5.82 Å². The van der Waals surface area contributed by atoms with E-state index < -0.39 is 10.0 Å². The summed E-state index contributed by atoms with van der Waals surface area (Å²) in [5, 5.41) is 1.91. The van der Waals surface area contributed by atoms with Crippen LogP contribution in [0.25, 0.3) is 4.96 Å². The maximum Gasteiger partial charge on any atom is 0.262 e. The molecule has 1 aliphatic rings. The van der Waals surface area contributed by atoms with E-state index in [4.69, 9.17) is 5.73 Å². The van der Waals surface area contributed by atoms with E-state index in [9.17, 15) is 8.42 Å². The second-order valence-corrected chi connectivity index (χ2v) is 9.30. The maximum atomic E-state index is 12.9. The molecule has 2 N–H and O–H groups in total. The van der Waals surface area contributed by atoms with Gasteiger partial charge in [0, 0.05) is 24.7 Å². The summed E-state index contributed by atoms with van der Waals surface area (Å²) in [6.07, 6.45) is 2.59. The van der Waals surface area contributed by atoms with Gasteiger partial charge in [0.25, 0.3) is 10.0 Å². The van der Waals surface area contributed by atoms with Crippen molar-refractivity contribution in [3.63, 3.8) is 0 Å². The molecule has 21 heavy (non-hydrogen) atoms. The lowest BCUT2D eigenvalue weighted by atomic mass is 9.80. The number of sulfonamides is 1. The van der Waals surface area contributed by atoms with Crippen LogP contribution in [0.1, 0.15) is 27.2 Å². The van der Waals surface area contributed by atoms with E-state index in [0.717, 1.165) is 6.42 Å². The molecule has 1 aliphatic heterocycles. The molecular formula is C13H20N4O2S2. The third kappa shape index (κ3) is 2.35. The molecule has 1 unspecified atom stereocenters. The standard InChI is InChI=1S/C13H20N4O2S2/c1-13(2,3)9-4-5-16(8-9)21(18,19)11-10(14)15-12-17(11)6-7-20-12/h6-7,9H,4-5,8,14H2,1-3H3. The first-order valence-electron chi connectivity index (χ1n) is 6.92. The Morgan fingerprint density at radius 1 is 1.43 bits per heavy atom. The van der Waals surface area contributed by atoms with Crippen LogP contribution in [0.5, 0.6) is 0 Å². The highest BCUT2D eigenvalue weighted by Gasteiger charge is 2.39. The average molecular weight is 328 g/mol. The van der Waals surface area contributed by atoms with Gasteiger partial charge in [-0.3, -0.25) is 4.40 Å². The first kappa shape index (κ1) is 14.8. The minimum absolute atomic E-state index is 0.0843. The molecule has 3 heterocycles. The third-order valence-electron chi connectivity index (χ3n) is 4.20. The largest absolute Gasteiger partial charge is 0.381 e. The summed E-state index contributed by atoms with van der Waals surface area (Å²) in [6, 6.07) is 0. The number of nitrogen functional groups attached to an aromatic ring is 1. The Labute approximate surface area is 128 Å². The fourth-order valence-electron chi connectivity index (χ4n) is 2.81. The Morgan fingerprint density at radius 2 is 2.14 bits per heavy atom. The van der Waals surface area contributed by atoms with E-state index >= 15 is 0 Å². The minimum Gasteiger partial charge on any atom is -0.381 e. The Hall–Kier alpha value is -1.12. The summed E-state index contributed by atoms with van der Waals surface area (Å²) in [4.78, 5) is 4.74. The van der Waals surface area contributed by atoms with Gasteiger partial charge in [-0.15, -0.1) is 11.3 Å². The predicted octanol–water partition coefficient (Wildman–Crippen LogP) is 2.03. The SMILES string of the molecule is CC(C)(C)C1CCN(S(=O)(=O)c2c(N)nc3sccn23)C1. The second kappa shape index (κ2) is 4.69. The molecule has 0 bridgehead atoms. The van der Waals surface area contributed by atoms with Gasteiger partial charge in [-0.05, 0) is 17.8 Å². The Balaban J connectivity index is 1.99. The summed E-state index contributed by atoms with van der Waals surface area (Å²) in [5.74, 6) is 0.445. The van der Waals surface area contributed by atoms with Gasteiger partial charge < -0.3 is 5.73 Å². The van der Waals surface area contributed by atoms with Gasteiger partial charge in [0.15, 0.2) is 15.8 Å². The molecular weight excluding hydrogens is 308 g/mol.